The van der Waals surface area contributed by atoms with Crippen LogP contribution in [-0.4, -0.2) is 37.1 Å². The van der Waals surface area contributed by atoms with Crippen molar-refractivity contribution in [2.24, 2.45) is 5.41 Å². The third kappa shape index (κ3) is 3.14. The van der Waals surface area contributed by atoms with E-state index in [9.17, 15) is 4.79 Å². The second-order valence-corrected chi connectivity index (χ2v) is 4.36. The minimum absolute atomic E-state index is 0.102. The maximum atomic E-state index is 11.8. The molecule has 1 heterocycles. The number of ether oxygens (including phenoxy) is 1. The number of nitrogens with zero attached hydrogens (tertiary/aromatic N) is 1. The first kappa shape index (κ1) is 11.2. The molecule has 1 rings (SSSR count). The molecule has 80 valence electrons. The quantitative estimate of drug-likeness (QED) is 0.641. The Morgan fingerprint density at radius 1 is 1.50 bits per heavy atom. The summed E-state index contributed by atoms with van der Waals surface area (Å²) in [7, 11) is 0. The molecule has 0 bridgehead atoms. The van der Waals surface area contributed by atoms with Gasteiger partial charge in [0.25, 0.3) is 0 Å². The molecule has 0 atom stereocenters. The van der Waals surface area contributed by atoms with Crippen LogP contribution in [0.5, 0.6) is 0 Å². The van der Waals surface area contributed by atoms with Crippen molar-refractivity contribution >= 4 is 5.91 Å². The highest BCUT2D eigenvalue weighted by atomic mass is 16.5. The lowest BCUT2D eigenvalue weighted by molar-refractivity contribution is -0.136. The van der Waals surface area contributed by atoms with Crippen LogP contribution in [0.25, 0.3) is 0 Å². The van der Waals surface area contributed by atoms with Crippen LogP contribution in [0, 0.1) is 5.41 Å². The van der Waals surface area contributed by atoms with Gasteiger partial charge >= 0.3 is 0 Å². The van der Waals surface area contributed by atoms with Crippen LogP contribution in [0.15, 0.2) is 12.7 Å². The predicted octanol–water partition coefficient (Wildman–Crippen LogP) is 1.45. The highest BCUT2D eigenvalue weighted by Crippen LogP contribution is 2.22. The molecule has 0 N–H and O–H groups in total. The minimum Gasteiger partial charge on any atom is -0.378 e. The van der Waals surface area contributed by atoms with Crippen LogP contribution in [-0.2, 0) is 9.53 Å². The van der Waals surface area contributed by atoms with Crippen LogP contribution in [0.1, 0.15) is 20.3 Å². The lowest BCUT2D eigenvalue weighted by atomic mass is 9.89. The van der Waals surface area contributed by atoms with Crippen LogP contribution < -0.4 is 0 Å². The molecule has 1 saturated heterocycles. The summed E-state index contributed by atoms with van der Waals surface area (Å²) in [5.41, 5.74) is -0.102. The van der Waals surface area contributed by atoms with E-state index in [-0.39, 0.29) is 11.3 Å². The van der Waals surface area contributed by atoms with Gasteiger partial charge in [-0.25, -0.2) is 0 Å². The molecule has 0 radical (unpaired) electrons. The zero-order valence-corrected chi connectivity index (χ0v) is 9.08. The van der Waals surface area contributed by atoms with Crippen molar-refractivity contribution in [3.63, 3.8) is 0 Å². The predicted molar refractivity (Wildman–Crippen MR) is 56.0 cm³/mol. The van der Waals surface area contributed by atoms with Gasteiger partial charge in [0.2, 0.25) is 5.91 Å². The summed E-state index contributed by atoms with van der Waals surface area (Å²) in [6.07, 6.45) is 2.38. The van der Waals surface area contributed by atoms with E-state index >= 15 is 0 Å². The molecular formula is C11H19NO2. The van der Waals surface area contributed by atoms with Gasteiger partial charge in [-0.05, 0) is 5.41 Å². The van der Waals surface area contributed by atoms with Gasteiger partial charge in [0.05, 0.1) is 13.2 Å². The maximum Gasteiger partial charge on any atom is 0.223 e. The Hall–Kier alpha value is -0.830. The average Bonchev–Trinajstić information content (AvgIpc) is 2.19. The van der Waals surface area contributed by atoms with Crippen molar-refractivity contribution in [2.45, 2.75) is 20.3 Å². The van der Waals surface area contributed by atoms with Crippen LogP contribution >= 0.6 is 0 Å². The molecule has 1 aliphatic rings. The molecular weight excluding hydrogens is 178 g/mol. The summed E-state index contributed by atoms with van der Waals surface area (Å²) in [5.74, 6) is 0.207. The van der Waals surface area contributed by atoms with E-state index in [1.54, 1.807) is 0 Å². The van der Waals surface area contributed by atoms with Gasteiger partial charge in [0, 0.05) is 19.5 Å². The summed E-state index contributed by atoms with van der Waals surface area (Å²) in [5, 5.41) is 0. The summed E-state index contributed by atoms with van der Waals surface area (Å²) in [4.78, 5) is 13.7. The lowest BCUT2D eigenvalue weighted by Gasteiger charge is -2.29. The number of morpholine rings is 1. The SMILES string of the molecule is C=CC(C)(C)CC(=O)N1CCOCC1. The third-order valence-corrected chi connectivity index (χ3v) is 2.52. The fraction of sp³-hybridized carbons (Fsp3) is 0.727. The van der Waals surface area contributed by atoms with Gasteiger partial charge in [-0.2, -0.15) is 0 Å². The molecule has 0 saturated carbocycles. The summed E-state index contributed by atoms with van der Waals surface area (Å²) in [6, 6.07) is 0. The first-order valence-corrected chi connectivity index (χ1v) is 5.04. The molecule has 0 spiro atoms. The van der Waals surface area contributed by atoms with Crippen molar-refractivity contribution in [3.05, 3.63) is 12.7 Å². The average molecular weight is 197 g/mol. The van der Waals surface area contributed by atoms with Crippen molar-refractivity contribution in [3.8, 4) is 0 Å². The highest BCUT2D eigenvalue weighted by molar-refractivity contribution is 5.77. The summed E-state index contributed by atoms with van der Waals surface area (Å²) < 4.78 is 5.19. The number of rotatable bonds is 3. The Kier molecular flexibility index (Phi) is 3.69. The fourth-order valence-corrected chi connectivity index (χ4v) is 1.39. The normalized spacial score (nSPS) is 18.0. The van der Waals surface area contributed by atoms with E-state index in [2.05, 4.69) is 6.58 Å². The molecule has 3 heteroatoms. The molecule has 14 heavy (non-hydrogen) atoms. The number of amides is 1. The van der Waals surface area contributed by atoms with Crippen molar-refractivity contribution in [1.29, 1.82) is 0 Å². The third-order valence-electron chi connectivity index (χ3n) is 2.52. The van der Waals surface area contributed by atoms with E-state index < -0.39 is 0 Å². The van der Waals surface area contributed by atoms with E-state index in [0.717, 1.165) is 13.1 Å². The molecule has 1 amide bonds. The molecule has 0 unspecified atom stereocenters. The topological polar surface area (TPSA) is 29.5 Å². The number of hydrogen-bond acceptors (Lipinski definition) is 2. The highest BCUT2D eigenvalue weighted by Gasteiger charge is 2.23. The van der Waals surface area contributed by atoms with Crippen molar-refractivity contribution < 1.29 is 9.53 Å². The van der Waals surface area contributed by atoms with Gasteiger partial charge in [-0.1, -0.05) is 19.9 Å². The first-order valence-electron chi connectivity index (χ1n) is 5.04. The van der Waals surface area contributed by atoms with Crippen molar-refractivity contribution in [2.75, 3.05) is 26.3 Å². The standard InChI is InChI=1S/C11H19NO2/c1-4-11(2,3)9-10(13)12-5-7-14-8-6-12/h4H,1,5-9H2,2-3H3. The fourth-order valence-electron chi connectivity index (χ4n) is 1.39. The Morgan fingerprint density at radius 3 is 2.57 bits per heavy atom. The Morgan fingerprint density at radius 2 is 2.07 bits per heavy atom. The van der Waals surface area contributed by atoms with Gasteiger partial charge in [-0.15, -0.1) is 6.58 Å². The zero-order valence-electron chi connectivity index (χ0n) is 9.08. The van der Waals surface area contributed by atoms with E-state index in [1.807, 2.05) is 24.8 Å². The van der Waals surface area contributed by atoms with Gasteiger partial charge in [0.15, 0.2) is 0 Å². The molecule has 0 aromatic heterocycles. The number of allylic oxidation sites excluding steroid dienone is 1. The van der Waals surface area contributed by atoms with Crippen molar-refractivity contribution in [1.82, 2.24) is 4.90 Å². The Labute approximate surface area is 85.7 Å². The molecule has 0 aromatic rings. The maximum absolute atomic E-state index is 11.8. The molecule has 1 fully saturated rings. The van der Waals surface area contributed by atoms with E-state index in [0.29, 0.717) is 19.6 Å². The van der Waals surface area contributed by atoms with Gasteiger partial charge in [0.1, 0.15) is 0 Å². The molecule has 3 nitrogen and oxygen atoms in total. The van der Waals surface area contributed by atoms with E-state index in [4.69, 9.17) is 4.74 Å². The smallest absolute Gasteiger partial charge is 0.223 e. The van der Waals surface area contributed by atoms with E-state index in [1.165, 1.54) is 0 Å². The first-order chi connectivity index (χ1) is 6.55. The largest absolute Gasteiger partial charge is 0.378 e. The van der Waals surface area contributed by atoms with Crippen LogP contribution in [0.2, 0.25) is 0 Å². The molecule has 1 aliphatic heterocycles. The number of carbonyl (C=O) groups excluding carboxylic acids is 1. The summed E-state index contributed by atoms with van der Waals surface area (Å²) >= 11 is 0. The Bertz CT molecular complexity index is 217. The second-order valence-electron chi connectivity index (χ2n) is 4.36. The summed E-state index contributed by atoms with van der Waals surface area (Å²) in [6.45, 7) is 10.6. The number of hydrogen-bond donors (Lipinski definition) is 0. The number of carbonyl (C=O) groups is 1. The second kappa shape index (κ2) is 4.60. The molecule has 0 aromatic carbocycles. The minimum atomic E-state index is -0.102. The van der Waals surface area contributed by atoms with Crippen LogP contribution in [0.3, 0.4) is 0 Å². The molecule has 0 aliphatic carbocycles. The van der Waals surface area contributed by atoms with Gasteiger partial charge < -0.3 is 9.64 Å². The zero-order chi connectivity index (χ0) is 10.6. The van der Waals surface area contributed by atoms with Gasteiger partial charge in [-0.3, -0.25) is 4.79 Å². The Balaban J connectivity index is 2.44. The van der Waals surface area contributed by atoms with Crippen LogP contribution in [0.4, 0.5) is 0 Å². The monoisotopic (exact) mass is 197 g/mol. The lowest BCUT2D eigenvalue weighted by Crippen LogP contribution is -2.42.